The number of ketones is 1. The van der Waals surface area contributed by atoms with E-state index in [4.69, 9.17) is 15.2 Å². The number of thiophene rings is 1. The van der Waals surface area contributed by atoms with Crippen LogP contribution >= 0.6 is 11.3 Å². The minimum absolute atomic E-state index is 0.0945. The summed E-state index contributed by atoms with van der Waals surface area (Å²) in [4.78, 5) is 15.6. The quantitative estimate of drug-likeness (QED) is 0.336. The number of benzene rings is 3. The average molecular weight is 472 g/mol. The number of nitrogens with zero attached hydrogens (tertiary/aromatic N) is 2. The monoisotopic (exact) mass is 471 g/mol. The Morgan fingerprint density at radius 3 is 2.29 bits per heavy atom. The van der Waals surface area contributed by atoms with Crippen LogP contribution in [-0.4, -0.2) is 25.1 Å². The number of hydrogen-bond acceptors (Lipinski definition) is 8. The van der Waals surface area contributed by atoms with Gasteiger partial charge >= 0.3 is 0 Å². The number of methoxy groups -OCH3 is 2. The fraction of sp³-hybridized carbons (Fsp3) is 0.0769. The highest BCUT2D eigenvalue weighted by Gasteiger charge is 2.28. The first-order chi connectivity index (χ1) is 16.5. The maximum atomic E-state index is 13.6. The standard InChI is InChI=1S/C26H21N3O4S/c1-32-19-12-13-22(33-2)20(14-19)24(31)25-23(28)21(15-27)26(34-25)29(16-6-4-3-5-7-16)17-8-10-18(30)11-9-17/h3-14,30H,28H2,1-2H3. The van der Waals surface area contributed by atoms with Gasteiger partial charge in [-0.3, -0.25) is 4.79 Å². The molecule has 0 radical (unpaired) electrons. The molecule has 1 aromatic heterocycles. The number of nitriles is 1. The van der Waals surface area contributed by atoms with Crippen molar-refractivity contribution < 1.29 is 19.4 Å². The molecule has 0 aliphatic carbocycles. The van der Waals surface area contributed by atoms with Crippen molar-refractivity contribution in [3.63, 3.8) is 0 Å². The minimum Gasteiger partial charge on any atom is -0.508 e. The predicted molar refractivity (Wildman–Crippen MR) is 133 cm³/mol. The van der Waals surface area contributed by atoms with E-state index in [0.717, 1.165) is 17.0 Å². The summed E-state index contributed by atoms with van der Waals surface area (Å²) >= 11 is 1.12. The van der Waals surface area contributed by atoms with Crippen LogP contribution in [0.3, 0.4) is 0 Å². The summed E-state index contributed by atoms with van der Waals surface area (Å²) in [6, 6.07) is 23.1. The smallest absolute Gasteiger partial charge is 0.209 e. The van der Waals surface area contributed by atoms with Gasteiger partial charge in [-0.15, -0.1) is 11.3 Å². The van der Waals surface area contributed by atoms with E-state index in [2.05, 4.69) is 6.07 Å². The van der Waals surface area contributed by atoms with E-state index < -0.39 is 0 Å². The zero-order valence-electron chi connectivity index (χ0n) is 18.5. The summed E-state index contributed by atoms with van der Waals surface area (Å²) in [6.07, 6.45) is 0. The van der Waals surface area contributed by atoms with Crippen LogP contribution < -0.4 is 20.1 Å². The van der Waals surface area contributed by atoms with Crippen LogP contribution in [0.25, 0.3) is 0 Å². The van der Waals surface area contributed by atoms with E-state index in [9.17, 15) is 15.2 Å². The van der Waals surface area contributed by atoms with Crippen molar-refractivity contribution in [1.29, 1.82) is 5.26 Å². The molecule has 0 aliphatic rings. The van der Waals surface area contributed by atoms with Gasteiger partial charge in [-0.1, -0.05) is 18.2 Å². The number of aromatic hydroxyl groups is 1. The Morgan fingerprint density at radius 2 is 1.68 bits per heavy atom. The van der Waals surface area contributed by atoms with Crippen LogP contribution in [0, 0.1) is 11.3 Å². The Kier molecular flexibility index (Phi) is 6.39. The van der Waals surface area contributed by atoms with E-state index in [1.54, 1.807) is 42.5 Å². The van der Waals surface area contributed by atoms with E-state index in [-0.39, 0.29) is 33.2 Å². The summed E-state index contributed by atoms with van der Waals surface area (Å²) in [5.74, 6) is 0.607. The second-order valence-corrected chi connectivity index (χ2v) is 8.22. The Morgan fingerprint density at radius 1 is 1.00 bits per heavy atom. The topological polar surface area (TPSA) is 109 Å². The van der Waals surface area contributed by atoms with Crippen LogP contribution in [0.4, 0.5) is 22.1 Å². The summed E-state index contributed by atoms with van der Waals surface area (Å²) in [7, 11) is 2.99. The van der Waals surface area contributed by atoms with Crippen molar-refractivity contribution >= 4 is 39.2 Å². The molecule has 0 bridgehead atoms. The average Bonchev–Trinajstić information content (AvgIpc) is 3.20. The molecule has 3 N–H and O–H groups in total. The van der Waals surface area contributed by atoms with E-state index in [0.29, 0.717) is 22.2 Å². The number of carbonyl (C=O) groups excluding carboxylic acids is 1. The molecule has 7 nitrogen and oxygen atoms in total. The first kappa shape index (κ1) is 22.7. The normalized spacial score (nSPS) is 10.4. The Bertz CT molecular complexity index is 1380. The lowest BCUT2D eigenvalue weighted by Crippen LogP contribution is -2.09. The highest BCUT2D eigenvalue weighted by atomic mass is 32.1. The summed E-state index contributed by atoms with van der Waals surface area (Å²) in [6.45, 7) is 0. The molecule has 0 fully saturated rings. The zero-order valence-corrected chi connectivity index (χ0v) is 19.3. The molecule has 3 aromatic carbocycles. The number of rotatable bonds is 7. The third-order valence-electron chi connectivity index (χ3n) is 5.22. The highest BCUT2D eigenvalue weighted by Crippen LogP contribution is 2.46. The second-order valence-electron chi connectivity index (χ2n) is 7.22. The van der Waals surface area contributed by atoms with Gasteiger partial charge in [-0.05, 0) is 54.6 Å². The molecular weight excluding hydrogens is 450 g/mol. The van der Waals surface area contributed by atoms with Crippen LogP contribution in [0.5, 0.6) is 17.2 Å². The number of ether oxygens (including phenoxy) is 2. The van der Waals surface area contributed by atoms with Crippen molar-refractivity contribution in [1.82, 2.24) is 0 Å². The molecule has 0 spiro atoms. The Labute approximate surface area is 200 Å². The largest absolute Gasteiger partial charge is 0.508 e. The zero-order chi connectivity index (χ0) is 24.2. The van der Waals surface area contributed by atoms with Crippen molar-refractivity contribution in [3.05, 3.63) is 88.8 Å². The lowest BCUT2D eigenvalue weighted by Gasteiger charge is -2.24. The third-order valence-corrected chi connectivity index (χ3v) is 6.41. The molecule has 0 amide bonds. The molecule has 4 aromatic rings. The van der Waals surface area contributed by atoms with Gasteiger partial charge in [0.15, 0.2) is 0 Å². The SMILES string of the molecule is COc1ccc(OC)c(C(=O)c2sc(N(c3ccccc3)c3ccc(O)cc3)c(C#N)c2N)c1. The van der Waals surface area contributed by atoms with Crippen molar-refractivity contribution in [2.75, 3.05) is 24.9 Å². The molecule has 4 rings (SSSR count). The summed E-state index contributed by atoms with van der Waals surface area (Å²) < 4.78 is 10.6. The summed E-state index contributed by atoms with van der Waals surface area (Å²) in [5.41, 5.74) is 8.38. The molecule has 34 heavy (non-hydrogen) atoms. The van der Waals surface area contributed by atoms with Gasteiger partial charge in [0.25, 0.3) is 0 Å². The second kappa shape index (κ2) is 9.57. The molecule has 170 valence electrons. The first-order valence-electron chi connectivity index (χ1n) is 10.2. The van der Waals surface area contributed by atoms with Crippen molar-refractivity contribution in [2.45, 2.75) is 0 Å². The third kappa shape index (κ3) is 4.12. The van der Waals surface area contributed by atoms with Gasteiger partial charge < -0.3 is 25.2 Å². The maximum Gasteiger partial charge on any atom is 0.209 e. The number of nitrogen functional groups attached to an aromatic ring is 1. The predicted octanol–water partition coefficient (Wildman–Crippen LogP) is 5.63. The summed E-state index contributed by atoms with van der Waals surface area (Å²) in [5, 5.41) is 20.2. The van der Waals surface area contributed by atoms with E-state index >= 15 is 0 Å². The van der Waals surface area contributed by atoms with Gasteiger partial charge in [0.05, 0.1) is 25.5 Å². The number of carbonyl (C=O) groups is 1. The lowest BCUT2D eigenvalue weighted by atomic mass is 10.1. The molecule has 8 heteroatoms. The fourth-order valence-corrected chi connectivity index (χ4v) is 4.71. The van der Waals surface area contributed by atoms with Gasteiger partial charge in [0, 0.05) is 11.4 Å². The number of nitrogens with two attached hydrogens (primary N) is 1. The van der Waals surface area contributed by atoms with Crippen molar-refractivity contribution in [2.24, 2.45) is 0 Å². The van der Waals surface area contributed by atoms with Crippen LogP contribution in [0.1, 0.15) is 20.8 Å². The van der Waals surface area contributed by atoms with Gasteiger partial charge in [0.1, 0.15) is 38.8 Å². The fourth-order valence-electron chi connectivity index (χ4n) is 3.54. The molecule has 0 saturated heterocycles. The van der Waals surface area contributed by atoms with Crippen LogP contribution in [0.15, 0.2) is 72.8 Å². The maximum absolute atomic E-state index is 13.6. The van der Waals surface area contributed by atoms with Gasteiger partial charge in [-0.2, -0.15) is 5.26 Å². The van der Waals surface area contributed by atoms with Crippen molar-refractivity contribution in [3.8, 4) is 23.3 Å². The highest BCUT2D eigenvalue weighted by molar-refractivity contribution is 7.19. The number of hydrogen-bond donors (Lipinski definition) is 2. The van der Waals surface area contributed by atoms with E-state index in [1.165, 1.54) is 14.2 Å². The molecule has 1 heterocycles. The molecule has 0 unspecified atom stereocenters. The van der Waals surface area contributed by atoms with Gasteiger partial charge in [-0.25, -0.2) is 0 Å². The first-order valence-corrected chi connectivity index (χ1v) is 11.0. The Hall–Kier alpha value is -4.48. The van der Waals surface area contributed by atoms with E-state index in [1.807, 2.05) is 35.2 Å². The molecule has 0 saturated carbocycles. The van der Waals surface area contributed by atoms with Crippen LogP contribution in [0.2, 0.25) is 0 Å². The number of para-hydroxylation sites is 1. The Balaban J connectivity index is 1.91. The minimum atomic E-state index is -0.375. The molecular formula is C26H21N3O4S. The van der Waals surface area contributed by atoms with Crippen LogP contribution in [-0.2, 0) is 0 Å². The number of anilines is 4. The van der Waals surface area contributed by atoms with Gasteiger partial charge in [0.2, 0.25) is 5.78 Å². The molecule has 0 atom stereocenters. The number of phenols is 1. The lowest BCUT2D eigenvalue weighted by molar-refractivity contribution is 0.104. The molecule has 0 aliphatic heterocycles. The number of phenolic OH excluding ortho intramolecular Hbond substituents is 1.